The van der Waals surface area contributed by atoms with Crippen LogP contribution in [0.15, 0.2) is 0 Å². The van der Waals surface area contributed by atoms with Gasteiger partial charge < -0.3 is 16.0 Å². The highest BCUT2D eigenvalue weighted by Crippen LogP contribution is 2.46. The third kappa shape index (κ3) is 4.03. The van der Waals surface area contributed by atoms with Crippen LogP contribution < -0.4 is 16.0 Å². The van der Waals surface area contributed by atoms with Gasteiger partial charge in [0, 0.05) is 6.54 Å². The molecule has 1 aliphatic carbocycles. The maximum absolute atomic E-state index is 13.0. The fourth-order valence-corrected chi connectivity index (χ4v) is 5.21. The average Bonchev–Trinajstić information content (AvgIpc) is 2.75. The van der Waals surface area contributed by atoms with E-state index in [0.29, 0.717) is 31.2 Å². The minimum absolute atomic E-state index is 0.00709. The summed E-state index contributed by atoms with van der Waals surface area (Å²) in [5.41, 5.74) is -0.849. The molecule has 2 heterocycles. The number of carbonyl (C=O) groups is 3. The van der Waals surface area contributed by atoms with E-state index in [0.717, 1.165) is 37.3 Å². The second-order valence-corrected chi connectivity index (χ2v) is 9.27. The number of nitrogens with zero attached hydrogens (tertiary/aromatic N) is 1. The highest BCUT2D eigenvalue weighted by atomic mass is 16.2. The number of nitrogens with one attached hydrogen (secondary N) is 3. The number of piperidine rings is 1. The fraction of sp³-hybridized carbons (Fsp3) is 0.842. The van der Waals surface area contributed by atoms with Crippen LogP contribution in [0.5, 0.6) is 0 Å². The molecule has 3 N–H and O–H groups in total. The molecule has 2 saturated heterocycles. The molecule has 0 bridgehead atoms. The van der Waals surface area contributed by atoms with Gasteiger partial charge in [-0.1, -0.05) is 20.8 Å². The Hall–Kier alpha value is -1.63. The lowest BCUT2D eigenvalue weighted by Gasteiger charge is -2.43. The average molecular weight is 364 g/mol. The number of imide groups is 1. The van der Waals surface area contributed by atoms with Crippen LogP contribution in [0.4, 0.5) is 4.79 Å². The first kappa shape index (κ1) is 19.1. The molecular formula is C19H32N4O3. The van der Waals surface area contributed by atoms with E-state index >= 15 is 0 Å². The first-order valence-electron chi connectivity index (χ1n) is 9.82. The molecule has 1 spiro atoms. The zero-order chi connectivity index (χ0) is 18.9. The summed E-state index contributed by atoms with van der Waals surface area (Å²) in [5, 5.41) is 9.11. The molecule has 3 rings (SSSR count). The second-order valence-electron chi connectivity index (χ2n) is 9.27. The summed E-state index contributed by atoms with van der Waals surface area (Å²) in [6, 6.07) is -0.436. The van der Waals surface area contributed by atoms with Crippen molar-refractivity contribution in [3.63, 3.8) is 0 Å². The zero-order valence-corrected chi connectivity index (χ0v) is 16.2. The number of rotatable bonds is 4. The Morgan fingerprint density at radius 3 is 2.73 bits per heavy atom. The third-order valence-electron chi connectivity index (χ3n) is 5.91. The van der Waals surface area contributed by atoms with Gasteiger partial charge in [-0.05, 0) is 62.4 Å². The molecule has 3 unspecified atom stereocenters. The van der Waals surface area contributed by atoms with Crippen molar-refractivity contribution in [2.45, 2.75) is 58.4 Å². The summed E-state index contributed by atoms with van der Waals surface area (Å²) >= 11 is 0. The van der Waals surface area contributed by atoms with Crippen LogP contribution in [0, 0.1) is 17.3 Å². The summed E-state index contributed by atoms with van der Waals surface area (Å²) in [4.78, 5) is 38.8. The Balaban J connectivity index is 1.59. The van der Waals surface area contributed by atoms with Gasteiger partial charge in [0.1, 0.15) is 12.1 Å². The molecule has 7 heteroatoms. The lowest BCUT2D eigenvalue weighted by molar-refractivity contribution is -0.137. The monoisotopic (exact) mass is 364 g/mol. The normalized spacial score (nSPS) is 34.0. The zero-order valence-electron chi connectivity index (χ0n) is 16.2. The minimum Gasteiger partial charge on any atom is -0.354 e. The molecule has 0 aromatic rings. The van der Waals surface area contributed by atoms with Gasteiger partial charge in [0.2, 0.25) is 5.91 Å². The Morgan fingerprint density at radius 2 is 2.08 bits per heavy atom. The maximum Gasteiger partial charge on any atom is 0.325 e. The third-order valence-corrected chi connectivity index (χ3v) is 5.91. The predicted octanol–water partition coefficient (Wildman–Crippen LogP) is 1.24. The quantitative estimate of drug-likeness (QED) is 0.655. The number of carbonyl (C=O) groups excluding carboxylic acids is 3. The second kappa shape index (κ2) is 7.18. The van der Waals surface area contributed by atoms with Gasteiger partial charge in [-0.3, -0.25) is 14.5 Å². The number of hydrogen-bond donors (Lipinski definition) is 3. The SMILES string of the molecule is CC1CC(C)(C)CC2(C1)NC(=O)N(CC(=O)NCC1CCCNC1)C2=O. The Kier molecular flexibility index (Phi) is 5.28. The molecule has 3 atom stereocenters. The number of amides is 4. The molecule has 146 valence electrons. The van der Waals surface area contributed by atoms with E-state index in [-0.39, 0.29) is 23.8 Å². The van der Waals surface area contributed by atoms with Crippen LogP contribution in [-0.2, 0) is 9.59 Å². The van der Waals surface area contributed by atoms with Crippen molar-refractivity contribution in [3.8, 4) is 0 Å². The topological polar surface area (TPSA) is 90.5 Å². The van der Waals surface area contributed by atoms with E-state index in [9.17, 15) is 14.4 Å². The van der Waals surface area contributed by atoms with Crippen molar-refractivity contribution in [1.82, 2.24) is 20.9 Å². The van der Waals surface area contributed by atoms with Gasteiger partial charge >= 0.3 is 6.03 Å². The van der Waals surface area contributed by atoms with Crippen molar-refractivity contribution >= 4 is 17.8 Å². The van der Waals surface area contributed by atoms with Crippen LogP contribution >= 0.6 is 0 Å². The Bertz CT molecular complexity index is 585. The standard InChI is InChI=1S/C19H32N4O3/c1-13-7-18(2,3)12-19(8-13)16(25)23(17(26)22-19)11-15(24)21-10-14-5-4-6-20-9-14/h13-14,20H,4-12H2,1-3H3,(H,21,24)(H,22,26). The summed E-state index contributed by atoms with van der Waals surface area (Å²) < 4.78 is 0. The molecule has 4 amide bonds. The highest BCUT2D eigenvalue weighted by molar-refractivity contribution is 6.09. The van der Waals surface area contributed by atoms with Gasteiger partial charge in [0.25, 0.3) is 5.91 Å². The van der Waals surface area contributed by atoms with E-state index in [2.05, 4.69) is 36.7 Å². The summed E-state index contributed by atoms with van der Waals surface area (Å²) in [6.45, 7) is 8.72. The molecule has 7 nitrogen and oxygen atoms in total. The van der Waals surface area contributed by atoms with Crippen LogP contribution in [0.3, 0.4) is 0 Å². The lowest BCUT2D eigenvalue weighted by atomic mass is 9.64. The molecule has 3 aliphatic rings. The van der Waals surface area contributed by atoms with Crippen molar-refractivity contribution in [3.05, 3.63) is 0 Å². The van der Waals surface area contributed by atoms with Gasteiger partial charge in [-0.2, -0.15) is 0 Å². The van der Waals surface area contributed by atoms with Crippen molar-refractivity contribution in [2.24, 2.45) is 17.3 Å². The van der Waals surface area contributed by atoms with Gasteiger partial charge in [0.05, 0.1) is 0 Å². The van der Waals surface area contributed by atoms with Gasteiger partial charge in [-0.25, -0.2) is 4.79 Å². The molecule has 2 aliphatic heterocycles. The van der Waals surface area contributed by atoms with Crippen molar-refractivity contribution < 1.29 is 14.4 Å². The van der Waals surface area contributed by atoms with Crippen molar-refractivity contribution in [2.75, 3.05) is 26.2 Å². The molecular weight excluding hydrogens is 332 g/mol. The van der Waals surface area contributed by atoms with E-state index in [1.165, 1.54) is 0 Å². The van der Waals surface area contributed by atoms with E-state index in [4.69, 9.17) is 0 Å². The highest BCUT2D eigenvalue weighted by Gasteiger charge is 2.56. The number of hydrogen-bond acceptors (Lipinski definition) is 4. The van der Waals surface area contributed by atoms with E-state index in [1.54, 1.807) is 0 Å². The minimum atomic E-state index is -0.841. The number of urea groups is 1. The summed E-state index contributed by atoms with van der Waals surface area (Å²) in [5.74, 6) is 0.272. The van der Waals surface area contributed by atoms with Crippen LogP contribution in [0.25, 0.3) is 0 Å². The largest absolute Gasteiger partial charge is 0.354 e. The fourth-order valence-electron chi connectivity index (χ4n) is 5.21. The molecule has 1 saturated carbocycles. The summed E-state index contributed by atoms with van der Waals surface area (Å²) in [7, 11) is 0. The van der Waals surface area contributed by atoms with E-state index < -0.39 is 11.6 Å². The molecule has 3 fully saturated rings. The molecule has 26 heavy (non-hydrogen) atoms. The first-order valence-corrected chi connectivity index (χ1v) is 9.82. The van der Waals surface area contributed by atoms with Crippen molar-refractivity contribution in [1.29, 1.82) is 0 Å². The first-order chi connectivity index (χ1) is 12.2. The molecule has 0 aromatic heterocycles. The maximum atomic E-state index is 13.0. The molecule has 0 aromatic carbocycles. The van der Waals surface area contributed by atoms with Gasteiger partial charge in [-0.15, -0.1) is 0 Å². The van der Waals surface area contributed by atoms with Crippen LogP contribution in [0.2, 0.25) is 0 Å². The summed E-state index contributed by atoms with van der Waals surface area (Å²) in [6.07, 6.45) is 4.51. The smallest absolute Gasteiger partial charge is 0.325 e. The van der Waals surface area contributed by atoms with E-state index in [1.807, 2.05) is 0 Å². The molecule has 0 radical (unpaired) electrons. The Morgan fingerprint density at radius 1 is 1.31 bits per heavy atom. The lowest BCUT2D eigenvalue weighted by Crippen LogP contribution is -2.54. The Labute approximate surface area is 155 Å². The van der Waals surface area contributed by atoms with Crippen LogP contribution in [-0.4, -0.2) is 54.5 Å². The van der Waals surface area contributed by atoms with Crippen LogP contribution in [0.1, 0.15) is 52.9 Å². The van der Waals surface area contributed by atoms with Gasteiger partial charge in [0.15, 0.2) is 0 Å². The predicted molar refractivity (Wildman–Crippen MR) is 98.4 cm³/mol.